The number of carbonyl (C=O) groups excluding carboxylic acids is 1. The Labute approximate surface area is 101 Å². The minimum Gasteiger partial charge on any atom is -0.497 e. The number of benzene rings is 1. The number of carbonyl (C=O) groups is 1. The molecule has 0 amide bonds. The quantitative estimate of drug-likeness (QED) is 0.796. The second kappa shape index (κ2) is 5.68. The molecule has 0 saturated carbocycles. The molecular weight excluding hydrogens is 220 g/mol. The summed E-state index contributed by atoms with van der Waals surface area (Å²) in [5.74, 6) is 0.556. The third kappa shape index (κ3) is 2.97. The monoisotopic (exact) mass is 238 g/mol. The molecule has 1 N–H and O–H groups in total. The van der Waals surface area contributed by atoms with Crippen LogP contribution in [-0.2, 0) is 0 Å². The zero-order chi connectivity index (χ0) is 13.0. The van der Waals surface area contributed by atoms with Crippen LogP contribution in [0.3, 0.4) is 0 Å². The fourth-order valence-electron chi connectivity index (χ4n) is 1.46. The Morgan fingerprint density at radius 2 is 1.88 bits per heavy atom. The zero-order valence-corrected chi connectivity index (χ0v) is 10.6. The Morgan fingerprint density at radius 1 is 1.24 bits per heavy atom. The van der Waals surface area contributed by atoms with Gasteiger partial charge in [-0.2, -0.15) is 0 Å². The number of rotatable bonds is 5. The van der Waals surface area contributed by atoms with E-state index in [9.17, 15) is 9.90 Å². The molecular formula is C13H18O4. The zero-order valence-electron chi connectivity index (χ0n) is 10.6. The average molecular weight is 238 g/mol. The predicted molar refractivity (Wildman–Crippen MR) is 64.7 cm³/mol. The van der Waals surface area contributed by atoms with Gasteiger partial charge in [0.2, 0.25) is 0 Å². The number of aliphatic hydroxyl groups excluding tert-OH is 1. The average Bonchev–Trinajstić information content (AvgIpc) is 2.35. The highest BCUT2D eigenvalue weighted by Crippen LogP contribution is 2.26. The van der Waals surface area contributed by atoms with Crippen LogP contribution in [-0.4, -0.2) is 31.2 Å². The summed E-state index contributed by atoms with van der Waals surface area (Å²) in [5, 5.41) is 9.76. The van der Waals surface area contributed by atoms with Gasteiger partial charge in [-0.15, -0.1) is 0 Å². The van der Waals surface area contributed by atoms with Crippen LogP contribution in [0.4, 0.5) is 0 Å². The molecule has 0 bridgehead atoms. The summed E-state index contributed by atoms with van der Waals surface area (Å²) in [6.45, 7) is 3.58. The second-order valence-corrected chi connectivity index (χ2v) is 4.12. The van der Waals surface area contributed by atoms with Gasteiger partial charge in [0.15, 0.2) is 5.78 Å². The molecule has 0 saturated heterocycles. The van der Waals surface area contributed by atoms with Crippen molar-refractivity contribution in [2.24, 2.45) is 5.92 Å². The minimum atomic E-state index is -1.02. The smallest absolute Gasteiger partial charge is 0.195 e. The van der Waals surface area contributed by atoms with Gasteiger partial charge in [-0.1, -0.05) is 13.8 Å². The van der Waals surface area contributed by atoms with E-state index in [1.165, 1.54) is 7.11 Å². The van der Waals surface area contributed by atoms with Crippen molar-refractivity contribution in [2.45, 2.75) is 20.0 Å². The lowest BCUT2D eigenvalue weighted by Gasteiger charge is -2.15. The SMILES string of the molecule is COc1ccc(C(=O)C(O)C(C)C)c(OC)c1. The van der Waals surface area contributed by atoms with Crippen LogP contribution < -0.4 is 9.47 Å². The number of ether oxygens (including phenoxy) is 2. The Bertz CT molecular complexity index is 398. The van der Waals surface area contributed by atoms with Crippen LogP contribution >= 0.6 is 0 Å². The van der Waals surface area contributed by atoms with E-state index in [2.05, 4.69) is 0 Å². The molecule has 17 heavy (non-hydrogen) atoms. The van der Waals surface area contributed by atoms with Crippen LogP contribution in [0.1, 0.15) is 24.2 Å². The number of Topliss-reactive ketones (excluding diaryl/α,β-unsaturated/α-hetero) is 1. The fourth-order valence-corrected chi connectivity index (χ4v) is 1.46. The first-order valence-corrected chi connectivity index (χ1v) is 5.45. The molecule has 0 aliphatic rings. The summed E-state index contributed by atoms with van der Waals surface area (Å²) >= 11 is 0. The molecule has 0 aromatic heterocycles. The van der Waals surface area contributed by atoms with E-state index in [1.54, 1.807) is 39.2 Å². The van der Waals surface area contributed by atoms with Gasteiger partial charge in [-0.25, -0.2) is 0 Å². The number of hydrogen-bond acceptors (Lipinski definition) is 4. The molecule has 0 fully saturated rings. The number of aliphatic hydroxyl groups is 1. The van der Waals surface area contributed by atoms with Crippen LogP contribution in [0.5, 0.6) is 11.5 Å². The second-order valence-electron chi connectivity index (χ2n) is 4.12. The van der Waals surface area contributed by atoms with Crippen LogP contribution in [0.25, 0.3) is 0 Å². The highest BCUT2D eigenvalue weighted by atomic mass is 16.5. The van der Waals surface area contributed by atoms with Crippen LogP contribution in [0.2, 0.25) is 0 Å². The molecule has 0 radical (unpaired) electrons. The van der Waals surface area contributed by atoms with E-state index in [-0.39, 0.29) is 11.7 Å². The van der Waals surface area contributed by atoms with E-state index < -0.39 is 6.10 Å². The van der Waals surface area contributed by atoms with Gasteiger partial charge in [-0.05, 0) is 18.1 Å². The third-order valence-electron chi connectivity index (χ3n) is 2.57. The van der Waals surface area contributed by atoms with E-state index in [4.69, 9.17) is 9.47 Å². The third-order valence-corrected chi connectivity index (χ3v) is 2.57. The van der Waals surface area contributed by atoms with Crippen molar-refractivity contribution in [3.8, 4) is 11.5 Å². The minimum absolute atomic E-state index is 0.130. The lowest BCUT2D eigenvalue weighted by Crippen LogP contribution is -2.26. The van der Waals surface area contributed by atoms with Crippen LogP contribution in [0, 0.1) is 5.92 Å². The lowest BCUT2D eigenvalue weighted by atomic mass is 9.97. The Kier molecular flexibility index (Phi) is 4.52. The number of ketones is 1. The van der Waals surface area contributed by atoms with E-state index in [0.29, 0.717) is 17.1 Å². The number of methoxy groups -OCH3 is 2. The molecule has 0 aliphatic carbocycles. The van der Waals surface area contributed by atoms with E-state index >= 15 is 0 Å². The summed E-state index contributed by atoms with van der Waals surface area (Å²) in [6, 6.07) is 4.90. The lowest BCUT2D eigenvalue weighted by molar-refractivity contribution is 0.0644. The summed E-state index contributed by atoms with van der Waals surface area (Å²) in [7, 11) is 3.02. The Balaban J connectivity index is 3.09. The molecule has 4 nitrogen and oxygen atoms in total. The Hall–Kier alpha value is -1.55. The summed E-state index contributed by atoms with van der Waals surface area (Å²) in [6.07, 6.45) is -1.02. The maximum absolute atomic E-state index is 12.0. The molecule has 1 rings (SSSR count). The van der Waals surface area contributed by atoms with Gasteiger partial charge < -0.3 is 14.6 Å². The first-order valence-electron chi connectivity index (χ1n) is 5.45. The first-order chi connectivity index (χ1) is 8.01. The standard InChI is InChI=1S/C13H18O4/c1-8(2)12(14)13(15)10-6-5-9(16-3)7-11(10)17-4/h5-8,12,14H,1-4H3. The molecule has 0 heterocycles. The van der Waals surface area contributed by atoms with Gasteiger partial charge in [0.25, 0.3) is 0 Å². The summed E-state index contributed by atoms with van der Waals surface area (Å²) < 4.78 is 10.2. The molecule has 1 aromatic rings. The molecule has 0 aliphatic heterocycles. The molecule has 4 heteroatoms. The van der Waals surface area contributed by atoms with Crippen molar-refractivity contribution in [3.05, 3.63) is 23.8 Å². The molecule has 0 spiro atoms. The van der Waals surface area contributed by atoms with Crippen molar-refractivity contribution >= 4 is 5.78 Å². The van der Waals surface area contributed by atoms with E-state index in [0.717, 1.165) is 0 Å². The van der Waals surface area contributed by atoms with Gasteiger partial charge in [0.05, 0.1) is 19.8 Å². The highest BCUT2D eigenvalue weighted by molar-refractivity contribution is 6.02. The van der Waals surface area contributed by atoms with Crippen molar-refractivity contribution < 1.29 is 19.4 Å². The van der Waals surface area contributed by atoms with Gasteiger partial charge in [0.1, 0.15) is 17.6 Å². The largest absolute Gasteiger partial charge is 0.497 e. The van der Waals surface area contributed by atoms with Gasteiger partial charge >= 0.3 is 0 Å². The molecule has 94 valence electrons. The Morgan fingerprint density at radius 3 is 2.35 bits per heavy atom. The fraction of sp³-hybridized carbons (Fsp3) is 0.462. The highest BCUT2D eigenvalue weighted by Gasteiger charge is 2.23. The van der Waals surface area contributed by atoms with Crippen molar-refractivity contribution in [1.82, 2.24) is 0 Å². The summed E-state index contributed by atoms with van der Waals surface area (Å²) in [4.78, 5) is 12.0. The molecule has 1 atom stereocenters. The van der Waals surface area contributed by atoms with E-state index in [1.807, 2.05) is 0 Å². The maximum Gasteiger partial charge on any atom is 0.195 e. The first kappa shape index (κ1) is 13.5. The van der Waals surface area contributed by atoms with Gasteiger partial charge in [0, 0.05) is 6.07 Å². The summed E-state index contributed by atoms with van der Waals surface area (Å²) in [5.41, 5.74) is 0.370. The molecule has 1 unspecified atom stereocenters. The van der Waals surface area contributed by atoms with Crippen LogP contribution in [0.15, 0.2) is 18.2 Å². The topological polar surface area (TPSA) is 55.8 Å². The van der Waals surface area contributed by atoms with Crippen molar-refractivity contribution in [3.63, 3.8) is 0 Å². The normalized spacial score (nSPS) is 12.4. The number of hydrogen-bond donors (Lipinski definition) is 1. The van der Waals surface area contributed by atoms with Crippen molar-refractivity contribution in [1.29, 1.82) is 0 Å². The van der Waals surface area contributed by atoms with Gasteiger partial charge in [-0.3, -0.25) is 4.79 Å². The molecule has 1 aromatic carbocycles. The maximum atomic E-state index is 12.0. The predicted octanol–water partition coefficient (Wildman–Crippen LogP) is 1.90. The van der Waals surface area contributed by atoms with Crippen molar-refractivity contribution in [2.75, 3.05) is 14.2 Å².